The van der Waals surface area contributed by atoms with Gasteiger partial charge in [-0.25, -0.2) is 9.59 Å². The van der Waals surface area contributed by atoms with Gasteiger partial charge in [0.05, 0.1) is 11.2 Å². The lowest BCUT2D eigenvalue weighted by Gasteiger charge is -2.32. The van der Waals surface area contributed by atoms with Crippen LogP contribution in [0.2, 0.25) is 0 Å². The molecule has 2 rings (SSSR count). The van der Waals surface area contributed by atoms with Crippen molar-refractivity contribution >= 4 is 24.9 Å². The van der Waals surface area contributed by atoms with Crippen molar-refractivity contribution in [1.29, 1.82) is 0 Å². The highest BCUT2D eigenvalue weighted by molar-refractivity contribution is 6.61. The summed E-state index contributed by atoms with van der Waals surface area (Å²) >= 11 is 0. The Bertz CT molecular complexity index is 704. The van der Waals surface area contributed by atoms with E-state index in [-0.39, 0.29) is 18.3 Å². The van der Waals surface area contributed by atoms with Gasteiger partial charge >= 0.3 is 19.4 Å². The number of aryl methyl sites for hydroxylation is 1. The Kier molecular flexibility index (Phi) is 10.5. The van der Waals surface area contributed by atoms with Gasteiger partial charge in [-0.15, -0.1) is 0 Å². The molecule has 32 heavy (non-hydrogen) atoms. The molecule has 1 aromatic heterocycles. The highest BCUT2D eigenvalue weighted by Gasteiger charge is 2.52. The molecule has 1 saturated heterocycles. The Labute approximate surface area is 193 Å². The third-order valence-electron chi connectivity index (χ3n) is 4.20. The second kappa shape index (κ2) is 11.2. The molecular formula is C22H41BN2O7. The summed E-state index contributed by atoms with van der Waals surface area (Å²) in [4.78, 5) is 22.0. The Hall–Kier alpha value is -2.07. The first-order valence-electron chi connectivity index (χ1n) is 10.8. The van der Waals surface area contributed by atoms with Gasteiger partial charge in [0.15, 0.2) is 0 Å². The van der Waals surface area contributed by atoms with Crippen molar-refractivity contribution in [2.75, 3.05) is 0 Å². The molecule has 1 aliphatic rings. The zero-order chi connectivity index (χ0) is 25.5. The Morgan fingerprint density at radius 1 is 0.906 bits per heavy atom. The molecule has 1 aliphatic heterocycles. The summed E-state index contributed by atoms with van der Waals surface area (Å²) in [7, 11) is 1.58. The average molecular weight is 456 g/mol. The first-order valence-corrected chi connectivity index (χ1v) is 10.8. The quantitative estimate of drug-likeness (QED) is 0.343. The van der Waals surface area contributed by atoms with Crippen molar-refractivity contribution in [3.63, 3.8) is 0 Å². The molecule has 0 aliphatic carbocycles. The van der Waals surface area contributed by atoms with Crippen LogP contribution in [0.4, 0.5) is 9.59 Å². The molecule has 0 atom stereocenters. The van der Waals surface area contributed by atoms with E-state index in [1.165, 1.54) is 0 Å². The van der Waals surface area contributed by atoms with Gasteiger partial charge in [-0.1, -0.05) is 13.8 Å². The second-order valence-electron chi connectivity index (χ2n) is 10.1. The largest absolute Gasteiger partial charge is 0.519 e. The fraction of sp³-hybridized carbons (Fsp3) is 0.773. The SMILES string of the molecule is CC.CC(C)(C)OC(=O)OC(=O)OC(C)(C)C.Cn1cc(B2OC(C)(C)C(C)(C)O2)cn1. The van der Waals surface area contributed by atoms with E-state index in [1.54, 1.807) is 52.4 Å². The van der Waals surface area contributed by atoms with Crippen molar-refractivity contribution in [2.45, 2.75) is 105 Å². The monoisotopic (exact) mass is 456 g/mol. The lowest BCUT2D eigenvalue weighted by atomic mass is 9.82. The van der Waals surface area contributed by atoms with Crippen LogP contribution in [0.3, 0.4) is 0 Å². The number of aromatic nitrogens is 2. The number of ether oxygens (including phenoxy) is 3. The molecule has 0 spiro atoms. The van der Waals surface area contributed by atoms with E-state index in [9.17, 15) is 9.59 Å². The summed E-state index contributed by atoms with van der Waals surface area (Å²) in [6, 6.07) is 0. The van der Waals surface area contributed by atoms with Crippen LogP contribution in [0.1, 0.15) is 83.1 Å². The van der Waals surface area contributed by atoms with E-state index in [1.807, 2.05) is 54.8 Å². The summed E-state index contributed by atoms with van der Waals surface area (Å²) < 4.78 is 27.3. The van der Waals surface area contributed by atoms with Crippen molar-refractivity contribution < 1.29 is 33.1 Å². The number of nitrogens with zero attached hydrogens (tertiary/aromatic N) is 2. The molecule has 0 bridgehead atoms. The van der Waals surface area contributed by atoms with E-state index in [2.05, 4.69) is 9.84 Å². The van der Waals surface area contributed by atoms with Crippen LogP contribution in [-0.2, 0) is 30.6 Å². The molecule has 10 heteroatoms. The van der Waals surface area contributed by atoms with Crippen LogP contribution in [0, 0.1) is 0 Å². The molecule has 2 heterocycles. The second-order valence-corrected chi connectivity index (χ2v) is 10.1. The van der Waals surface area contributed by atoms with Crippen molar-refractivity contribution in [3.05, 3.63) is 12.4 Å². The zero-order valence-electron chi connectivity index (χ0n) is 22.0. The highest BCUT2D eigenvalue weighted by Crippen LogP contribution is 2.36. The van der Waals surface area contributed by atoms with Gasteiger partial charge in [-0.05, 0) is 69.2 Å². The van der Waals surface area contributed by atoms with Gasteiger partial charge in [-0.3, -0.25) is 4.68 Å². The zero-order valence-corrected chi connectivity index (χ0v) is 22.0. The summed E-state index contributed by atoms with van der Waals surface area (Å²) in [6.45, 7) is 22.2. The predicted octanol–water partition coefficient (Wildman–Crippen LogP) is 4.62. The van der Waals surface area contributed by atoms with E-state index >= 15 is 0 Å². The topological polar surface area (TPSA) is 98.1 Å². The van der Waals surface area contributed by atoms with Crippen LogP contribution in [-0.4, -0.2) is 51.6 Å². The lowest BCUT2D eigenvalue weighted by molar-refractivity contribution is -0.0293. The van der Waals surface area contributed by atoms with Crippen molar-refractivity contribution in [3.8, 4) is 0 Å². The van der Waals surface area contributed by atoms with Crippen LogP contribution in [0.25, 0.3) is 0 Å². The molecule has 0 amide bonds. The van der Waals surface area contributed by atoms with Crippen LogP contribution >= 0.6 is 0 Å². The molecule has 1 fully saturated rings. The predicted molar refractivity (Wildman–Crippen MR) is 124 cm³/mol. The molecule has 0 unspecified atom stereocenters. The molecule has 0 saturated carbocycles. The fourth-order valence-electron chi connectivity index (χ4n) is 2.15. The van der Waals surface area contributed by atoms with Crippen LogP contribution in [0.5, 0.6) is 0 Å². The number of hydrogen-bond donors (Lipinski definition) is 0. The Balaban J connectivity index is 0.000000557. The third kappa shape index (κ3) is 10.5. The first-order chi connectivity index (χ1) is 14.3. The standard InChI is InChI=1S/C10H17BN2O2.C10H18O5.C2H6/c1-9(2)10(3,4)15-11(14-9)8-6-12-13(5)7-8;1-9(2,3)14-7(11)13-8(12)15-10(4,5)6;1-2/h6-7H,1-5H3;1-6H3;1-2H3. The maximum absolute atomic E-state index is 11.0. The van der Waals surface area contributed by atoms with Gasteiger partial charge in [0.2, 0.25) is 0 Å². The fourth-order valence-corrected chi connectivity index (χ4v) is 2.15. The van der Waals surface area contributed by atoms with Crippen molar-refractivity contribution in [1.82, 2.24) is 9.78 Å². The van der Waals surface area contributed by atoms with Crippen LogP contribution in [0.15, 0.2) is 12.4 Å². The van der Waals surface area contributed by atoms with Gasteiger partial charge < -0.3 is 23.5 Å². The first kappa shape index (κ1) is 29.9. The number of hydrogen-bond acceptors (Lipinski definition) is 8. The van der Waals surface area contributed by atoms with Crippen LogP contribution < -0.4 is 5.46 Å². The Morgan fingerprint density at radius 3 is 1.56 bits per heavy atom. The highest BCUT2D eigenvalue weighted by atomic mass is 16.8. The smallest absolute Gasteiger partial charge is 0.428 e. The van der Waals surface area contributed by atoms with Gasteiger partial charge in [0.1, 0.15) is 11.2 Å². The average Bonchev–Trinajstić information content (AvgIpc) is 3.07. The minimum Gasteiger partial charge on any atom is -0.428 e. The Morgan fingerprint density at radius 2 is 1.28 bits per heavy atom. The third-order valence-corrected chi connectivity index (χ3v) is 4.20. The van der Waals surface area contributed by atoms with Gasteiger partial charge in [-0.2, -0.15) is 5.10 Å². The number of carbonyl (C=O) groups excluding carboxylic acids is 2. The van der Waals surface area contributed by atoms with E-state index < -0.39 is 23.5 Å². The van der Waals surface area contributed by atoms with E-state index in [0.29, 0.717) is 0 Å². The molecule has 184 valence electrons. The van der Waals surface area contributed by atoms with Gasteiger partial charge in [0, 0.05) is 24.9 Å². The molecular weight excluding hydrogens is 415 g/mol. The number of rotatable bonds is 1. The normalized spacial score (nSPS) is 16.7. The maximum Gasteiger partial charge on any atom is 0.519 e. The molecule has 0 aromatic carbocycles. The number of carbonyl (C=O) groups is 2. The summed E-state index contributed by atoms with van der Waals surface area (Å²) in [6.07, 6.45) is 1.58. The van der Waals surface area contributed by atoms with E-state index in [0.717, 1.165) is 5.46 Å². The molecule has 0 N–H and O–H groups in total. The molecule has 1 aromatic rings. The summed E-state index contributed by atoms with van der Waals surface area (Å²) in [5.41, 5.74) is -0.990. The minimum atomic E-state index is -1.06. The van der Waals surface area contributed by atoms with Gasteiger partial charge in [0.25, 0.3) is 0 Å². The van der Waals surface area contributed by atoms with Crippen molar-refractivity contribution in [2.24, 2.45) is 7.05 Å². The maximum atomic E-state index is 11.0. The molecule has 9 nitrogen and oxygen atoms in total. The minimum absolute atomic E-state index is 0.284. The molecule has 0 radical (unpaired) electrons. The lowest BCUT2D eigenvalue weighted by Crippen LogP contribution is -2.41. The summed E-state index contributed by atoms with van der Waals surface area (Å²) in [5.74, 6) is 0. The van der Waals surface area contributed by atoms with E-state index in [4.69, 9.17) is 18.8 Å². The summed E-state index contributed by atoms with van der Waals surface area (Å²) in [5, 5.41) is 4.11.